The van der Waals surface area contributed by atoms with Gasteiger partial charge in [-0.05, 0) is 74.3 Å². The number of hydrogen-bond acceptors (Lipinski definition) is 4. The summed E-state index contributed by atoms with van der Waals surface area (Å²) in [5.74, 6) is 0.902. The first-order valence-corrected chi connectivity index (χ1v) is 9.44. The van der Waals surface area contributed by atoms with Crippen LogP contribution in [0.3, 0.4) is 0 Å². The standard InChI is InChI=1S/C21H24N2OS/c1-15-12-18(13-16(2)23-15)17-6-4-7-19(14-17)24-20(9-10-22-3)21-8-5-11-25-21/h4-8,11-14,20,22H,9-10H2,1-3H3. The minimum Gasteiger partial charge on any atom is -0.485 e. The largest absolute Gasteiger partial charge is 0.485 e. The number of pyridine rings is 1. The molecule has 2 heterocycles. The maximum absolute atomic E-state index is 6.34. The average molecular weight is 353 g/mol. The predicted octanol–water partition coefficient (Wildman–Crippen LogP) is 5.16. The van der Waals surface area contributed by atoms with Crippen molar-refractivity contribution < 1.29 is 4.74 Å². The Hall–Kier alpha value is -2.17. The van der Waals surface area contributed by atoms with Crippen molar-refractivity contribution in [2.75, 3.05) is 13.6 Å². The normalized spacial score (nSPS) is 12.1. The van der Waals surface area contributed by atoms with E-state index in [4.69, 9.17) is 4.74 Å². The van der Waals surface area contributed by atoms with E-state index < -0.39 is 0 Å². The molecule has 1 aromatic carbocycles. The van der Waals surface area contributed by atoms with Crippen LogP contribution in [0.25, 0.3) is 11.1 Å². The second kappa shape index (κ2) is 8.28. The second-order valence-corrected chi connectivity index (χ2v) is 7.16. The molecule has 4 heteroatoms. The summed E-state index contributed by atoms with van der Waals surface area (Å²) >= 11 is 1.74. The topological polar surface area (TPSA) is 34.1 Å². The fraction of sp³-hybridized carbons (Fsp3) is 0.286. The lowest BCUT2D eigenvalue weighted by atomic mass is 10.0. The molecule has 3 aromatic rings. The van der Waals surface area contributed by atoms with Gasteiger partial charge in [0, 0.05) is 22.7 Å². The highest BCUT2D eigenvalue weighted by atomic mass is 32.1. The Labute approximate surface area is 153 Å². The molecule has 0 aliphatic rings. The van der Waals surface area contributed by atoms with Crippen LogP contribution in [0.5, 0.6) is 5.75 Å². The molecule has 0 saturated carbocycles. The molecule has 0 aliphatic heterocycles. The molecule has 1 atom stereocenters. The van der Waals surface area contributed by atoms with E-state index in [2.05, 4.69) is 58.1 Å². The van der Waals surface area contributed by atoms with E-state index in [1.54, 1.807) is 11.3 Å². The summed E-state index contributed by atoms with van der Waals surface area (Å²) in [6.45, 7) is 4.98. The third-order valence-corrected chi connectivity index (χ3v) is 5.01. The van der Waals surface area contributed by atoms with E-state index in [0.29, 0.717) is 0 Å². The van der Waals surface area contributed by atoms with Crippen molar-refractivity contribution >= 4 is 11.3 Å². The van der Waals surface area contributed by atoms with Gasteiger partial charge in [-0.15, -0.1) is 11.3 Å². The molecule has 0 spiro atoms. The molecule has 0 radical (unpaired) electrons. The maximum atomic E-state index is 6.34. The van der Waals surface area contributed by atoms with E-state index in [0.717, 1.165) is 35.7 Å². The Bertz CT molecular complexity index is 794. The number of nitrogens with one attached hydrogen (secondary N) is 1. The molecular weight excluding hydrogens is 328 g/mol. The summed E-state index contributed by atoms with van der Waals surface area (Å²) in [4.78, 5) is 5.72. The lowest BCUT2D eigenvalue weighted by Crippen LogP contribution is -2.15. The van der Waals surface area contributed by atoms with Gasteiger partial charge < -0.3 is 10.1 Å². The molecule has 0 saturated heterocycles. The minimum atomic E-state index is 0.0728. The number of rotatable bonds is 7. The second-order valence-electron chi connectivity index (χ2n) is 6.18. The van der Waals surface area contributed by atoms with Gasteiger partial charge in [0.1, 0.15) is 11.9 Å². The number of ether oxygens (including phenoxy) is 1. The van der Waals surface area contributed by atoms with Gasteiger partial charge in [-0.3, -0.25) is 4.98 Å². The first kappa shape index (κ1) is 17.6. The molecule has 0 aliphatic carbocycles. The lowest BCUT2D eigenvalue weighted by Gasteiger charge is -2.18. The van der Waals surface area contributed by atoms with Gasteiger partial charge in [0.05, 0.1) is 0 Å². The van der Waals surface area contributed by atoms with Crippen LogP contribution < -0.4 is 10.1 Å². The van der Waals surface area contributed by atoms with Gasteiger partial charge >= 0.3 is 0 Å². The highest BCUT2D eigenvalue weighted by Gasteiger charge is 2.14. The van der Waals surface area contributed by atoms with Crippen LogP contribution in [0.1, 0.15) is 28.8 Å². The molecule has 25 heavy (non-hydrogen) atoms. The Morgan fingerprint density at radius 1 is 1.04 bits per heavy atom. The van der Waals surface area contributed by atoms with Crippen molar-refractivity contribution in [2.45, 2.75) is 26.4 Å². The van der Waals surface area contributed by atoms with Gasteiger partial charge in [0.25, 0.3) is 0 Å². The van der Waals surface area contributed by atoms with Crippen molar-refractivity contribution in [1.29, 1.82) is 0 Å². The zero-order valence-electron chi connectivity index (χ0n) is 15.0. The molecule has 0 bridgehead atoms. The lowest BCUT2D eigenvalue weighted by molar-refractivity contribution is 0.199. The van der Waals surface area contributed by atoms with Gasteiger partial charge in [-0.1, -0.05) is 18.2 Å². The van der Waals surface area contributed by atoms with Crippen LogP contribution >= 0.6 is 11.3 Å². The summed E-state index contributed by atoms with van der Waals surface area (Å²) in [5.41, 5.74) is 4.40. The zero-order valence-corrected chi connectivity index (χ0v) is 15.8. The Balaban J connectivity index is 1.84. The van der Waals surface area contributed by atoms with Crippen LogP contribution in [-0.2, 0) is 0 Å². The molecule has 3 nitrogen and oxygen atoms in total. The fourth-order valence-electron chi connectivity index (χ4n) is 2.92. The highest BCUT2D eigenvalue weighted by molar-refractivity contribution is 7.10. The van der Waals surface area contributed by atoms with Gasteiger partial charge in [-0.25, -0.2) is 0 Å². The van der Waals surface area contributed by atoms with Gasteiger partial charge in [0.15, 0.2) is 0 Å². The molecule has 1 unspecified atom stereocenters. The Morgan fingerprint density at radius 3 is 2.52 bits per heavy atom. The maximum Gasteiger partial charge on any atom is 0.134 e. The van der Waals surface area contributed by atoms with Crippen molar-refractivity contribution in [1.82, 2.24) is 10.3 Å². The van der Waals surface area contributed by atoms with Crippen LogP contribution in [0.2, 0.25) is 0 Å². The first-order valence-electron chi connectivity index (χ1n) is 8.56. The average Bonchev–Trinajstić information content (AvgIpc) is 3.12. The van der Waals surface area contributed by atoms with Crippen LogP contribution in [0, 0.1) is 13.8 Å². The van der Waals surface area contributed by atoms with Crippen LogP contribution in [0.15, 0.2) is 53.9 Å². The van der Waals surface area contributed by atoms with E-state index in [1.165, 1.54) is 10.4 Å². The predicted molar refractivity (Wildman–Crippen MR) is 105 cm³/mol. The number of benzene rings is 1. The quantitative estimate of drug-likeness (QED) is 0.638. The number of aromatic nitrogens is 1. The van der Waals surface area contributed by atoms with E-state index in [1.807, 2.05) is 27.0 Å². The third kappa shape index (κ3) is 4.68. The SMILES string of the molecule is CNCCC(Oc1cccc(-c2cc(C)nc(C)c2)c1)c1cccs1. The Morgan fingerprint density at radius 2 is 1.84 bits per heavy atom. The minimum absolute atomic E-state index is 0.0728. The molecule has 0 amide bonds. The molecule has 0 fully saturated rings. The summed E-state index contributed by atoms with van der Waals surface area (Å²) in [7, 11) is 1.97. The van der Waals surface area contributed by atoms with Crippen molar-refractivity contribution in [2.24, 2.45) is 0 Å². The van der Waals surface area contributed by atoms with Gasteiger partial charge in [0.2, 0.25) is 0 Å². The Kier molecular flexibility index (Phi) is 5.84. The first-order chi connectivity index (χ1) is 12.2. The summed E-state index contributed by atoms with van der Waals surface area (Å²) in [5, 5.41) is 5.31. The zero-order chi connectivity index (χ0) is 17.6. The molecule has 1 N–H and O–H groups in total. The summed E-state index contributed by atoms with van der Waals surface area (Å²) < 4.78 is 6.34. The third-order valence-electron chi connectivity index (χ3n) is 4.04. The smallest absolute Gasteiger partial charge is 0.134 e. The van der Waals surface area contributed by atoms with Crippen molar-refractivity contribution in [3.05, 3.63) is 70.2 Å². The molecular formula is C21H24N2OS. The van der Waals surface area contributed by atoms with Crippen LogP contribution in [0.4, 0.5) is 0 Å². The monoisotopic (exact) mass is 352 g/mol. The van der Waals surface area contributed by atoms with E-state index in [9.17, 15) is 0 Å². The molecule has 3 rings (SSSR count). The van der Waals surface area contributed by atoms with Gasteiger partial charge in [-0.2, -0.15) is 0 Å². The molecule has 130 valence electrons. The summed E-state index contributed by atoms with van der Waals surface area (Å²) in [6, 6.07) is 16.8. The number of thiophene rings is 1. The highest BCUT2D eigenvalue weighted by Crippen LogP contribution is 2.31. The van der Waals surface area contributed by atoms with E-state index in [-0.39, 0.29) is 6.10 Å². The number of nitrogens with zero attached hydrogens (tertiary/aromatic N) is 1. The summed E-state index contributed by atoms with van der Waals surface area (Å²) in [6.07, 6.45) is 1.01. The molecule has 2 aromatic heterocycles. The van der Waals surface area contributed by atoms with Crippen molar-refractivity contribution in [3.63, 3.8) is 0 Å². The van der Waals surface area contributed by atoms with Crippen molar-refractivity contribution in [3.8, 4) is 16.9 Å². The van der Waals surface area contributed by atoms with E-state index >= 15 is 0 Å². The van der Waals surface area contributed by atoms with Crippen LogP contribution in [-0.4, -0.2) is 18.6 Å². The number of hydrogen-bond donors (Lipinski definition) is 1. The fourth-order valence-corrected chi connectivity index (χ4v) is 3.71. The number of aryl methyl sites for hydroxylation is 2.